The van der Waals surface area contributed by atoms with Crippen LogP contribution in [-0.2, 0) is 17.8 Å². The molecular formula is C27H37N3O2. The van der Waals surface area contributed by atoms with Gasteiger partial charge in [-0.25, -0.2) is 0 Å². The van der Waals surface area contributed by atoms with Gasteiger partial charge in [-0.1, -0.05) is 37.5 Å². The Kier molecular flexibility index (Phi) is 8.16. The first kappa shape index (κ1) is 22.8. The van der Waals surface area contributed by atoms with E-state index in [4.69, 9.17) is 4.74 Å². The lowest BCUT2D eigenvalue weighted by Gasteiger charge is -2.41. The minimum Gasteiger partial charge on any atom is -0.497 e. The highest BCUT2D eigenvalue weighted by molar-refractivity contribution is 5.79. The molecule has 172 valence electrons. The van der Waals surface area contributed by atoms with Gasteiger partial charge in [0.15, 0.2) is 0 Å². The topological polar surface area (TPSA) is 45.7 Å². The summed E-state index contributed by atoms with van der Waals surface area (Å²) in [7, 11) is 1.66. The van der Waals surface area contributed by atoms with Crippen molar-refractivity contribution in [3.8, 4) is 5.75 Å². The zero-order valence-electron chi connectivity index (χ0n) is 19.4. The maximum Gasteiger partial charge on any atom is 0.227 e. The SMILES string of the molecule is COc1cccc(CC(=O)N(Cc2cccnc2)C[C@H]2CCCN(C3CCCCC3)C2)c1. The molecule has 0 radical (unpaired) electrons. The molecule has 2 aliphatic rings. The summed E-state index contributed by atoms with van der Waals surface area (Å²) in [5, 5.41) is 0. The van der Waals surface area contributed by atoms with Crippen LogP contribution in [0, 0.1) is 5.92 Å². The largest absolute Gasteiger partial charge is 0.497 e. The third-order valence-electron chi connectivity index (χ3n) is 7.06. The number of amides is 1. The van der Waals surface area contributed by atoms with Crippen molar-refractivity contribution in [1.82, 2.24) is 14.8 Å². The molecule has 2 fully saturated rings. The van der Waals surface area contributed by atoms with Crippen molar-refractivity contribution in [3.05, 3.63) is 59.9 Å². The average Bonchev–Trinajstić information content (AvgIpc) is 2.85. The summed E-state index contributed by atoms with van der Waals surface area (Å²) in [4.78, 5) is 22.5. The van der Waals surface area contributed by atoms with Crippen LogP contribution in [0.3, 0.4) is 0 Å². The number of carbonyl (C=O) groups is 1. The zero-order valence-corrected chi connectivity index (χ0v) is 19.4. The van der Waals surface area contributed by atoms with Gasteiger partial charge in [-0.05, 0) is 67.5 Å². The number of likely N-dealkylation sites (tertiary alicyclic amines) is 1. The van der Waals surface area contributed by atoms with Crippen LogP contribution in [-0.4, -0.2) is 53.5 Å². The van der Waals surface area contributed by atoms with Gasteiger partial charge in [0.25, 0.3) is 0 Å². The molecule has 1 amide bonds. The summed E-state index contributed by atoms with van der Waals surface area (Å²) in [6.45, 7) is 3.79. The maximum atomic E-state index is 13.4. The van der Waals surface area contributed by atoms with Crippen molar-refractivity contribution < 1.29 is 9.53 Å². The van der Waals surface area contributed by atoms with Gasteiger partial charge in [-0.2, -0.15) is 0 Å². The number of piperidine rings is 1. The highest BCUT2D eigenvalue weighted by atomic mass is 16.5. The summed E-state index contributed by atoms with van der Waals surface area (Å²) in [6, 6.07) is 12.6. The highest BCUT2D eigenvalue weighted by Gasteiger charge is 2.29. The lowest BCUT2D eigenvalue weighted by molar-refractivity contribution is -0.132. The van der Waals surface area contributed by atoms with Gasteiger partial charge < -0.3 is 14.5 Å². The molecule has 1 aromatic carbocycles. The van der Waals surface area contributed by atoms with Crippen LogP contribution in [0.1, 0.15) is 56.1 Å². The molecule has 1 aliphatic heterocycles. The predicted octanol–water partition coefficient (Wildman–Crippen LogP) is 4.71. The number of hydrogen-bond donors (Lipinski definition) is 0. The van der Waals surface area contributed by atoms with Crippen LogP contribution in [0.4, 0.5) is 0 Å². The number of pyridine rings is 1. The van der Waals surface area contributed by atoms with Gasteiger partial charge >= 0.3 is 0 Å². The standard InChI is InChI=1S/C27H37N3O2/c1-32-26-13-5-8-22(16-26)17-27(31)30(19-23-9-6-14-28-18-23)21-24-10-7-15-29(20-24)25-11-3-2-4-12-25/h5-6,8-9,13-14,16,18,24-25H,2-4,7,10-12,15,17,19-21H2,1H3/t24-/m0/s1. The van der Waals surface area contributed by atoms with Gasteiger partial charge in [0.2, 0.25) is 5.91 Å². The van der Waals surface area contributed by atoms with E-state index in [1.807, 2.05) is 36.5 Å². The molecule has 2 aromatic rings. The molecule has 5 nitrogen and oxygen atoms in total. The number of benzene rings is 1. The molecule has 2 heterocycles. The summed E-state index contributed by atoms with van der Waals surface area (Å²) in [6.07, 6.45) is 13.3. The number of rotatable bonds is 8. The Morgan fingerprint density at radius 3 is 2.72 bits per heavy atom. The Morgan fingerprint density at radius 1 is 1.09 bits per heavy atom. The Bertz CT molecular complexity index is 851. The number of aromatic nitrogens is 1. The molecule has 4 rings (SSSR count). The number of hydrogen-bond acceptors (Lipinski definition) is 4. The summed E-state index contributed by atoms with van der Waals surface area (Å²) in [5.74, 6) is 1.51. The van der Waals surface area contributed by atoms with E-state index < -0.39 is 0 Å². The van der Waals surface area contributed by atoms with E-state index in [1.54, 1.807) is 13.3 Å². The van der Waals surface area contributed by atoms with Crippen LogP contribution >= 0.6 is 0 Å². The first-order valence-corrected chi connectivity index (χ1v) is 12.2. The first-order chi connectivity index (χ1) is 15.7. The van der Waals surface area contributed by atoms with E-state index in [0.717, 1.165) is 36.0 Å². The van der Waals surface area contributed by atoms with Gasteiger partial charge in [-0.15, -0.1) is 0 Å². The normalized spacial score (nSPS) is 20.1. The van der Waals surface area contributed by atoms with Gasteiger partial charge in [0.1, 0.15) is 5.75 Å². The Balaban J connectivity index is 1.44. The molecular weight excluding hydrogens is 398 g/mol. The lowest BCUT2D eigenvalue weighted by Crippen LogP contribution is -2.47. The van der Waals surface area contributed by atoms with Crippen LogP contribution in [0.5, 0.6) is 5.75 Å². The molecule has 32 heavy (non-hydrogen) atoms. The van der Waals surface area contributed by atoms with Crippen molar-refractivity contribution in [1.29, 1.82) is 0 Å². The molecule has 0 spiro atoms. The lowest BCUT2D eigenvalue weighted by atomic mass is 9.90. The number of carbonyl (C=O) groups excluding carboxylic acids is 1. The zero-order chi connectivity index (χ0) is 22.2. The van der Waals surface area contributed by atoms with Gasteiger partial charge in [0, 0.05) is 38.1 Å². The van der Waals surface area contributed by atoms with Crippen LogP contribution in [0.2, 0.25) is 0 Å². The molecule has 1 aromatic heterocycles. The van der Waals surface area contributed by atoms with Crippen molar-refractivity contribution in [2.45, 2.75) is 64.0 Å². The van der Waals surface area contributed by atoms with Crippen LogP contribution < -0.4 is 4.74 Å². The predicted molar refractivity (Wildman–Crippen MR) is 128 cm³/mol. The number of ether oxygens (including phenoxy) is 1. The maximum absolute atomic E-state index is 13.4. The fraction of sp³-hybridized carbons (Fsp3) is 0.556. The average molecular weight is 436 g/mol. The Hall–Kier alpha value is -2.40. The quantitative estimate of drug-likeness (QED) is 0.603. The van der Waals surface area contributed by atoms with Crippen molar-refractivity contribution in [3.63, 3.8) is 0 Å². The van der Waals surface area contributed by atoms with E-state index in [0.29, 0.717) is 18.9 Å². The first-order valence-electron chi connectivity index (χ1n) is 12.2. The second kappa shape index (κ2) is 11.5. The molecule has 0 N–H and O–H groups in total. The fourth-order valence-electron chi connectivity index (χ4n) is 5.37. The van der Waals surface area contributed by atoms with Crippen LogP contribution in [0.25, 0.3) is 0 Å². The summed E-state index contributed by atoms with van der Waals surface area (Å²) < 4.78 is 5.34. The van der Waals surface area contributed by atoms with Gasteiger partial charge in [0.05, 0.1) is 13.5 Å². The Labute approximate surface area is 192 Å². The summed E-state index contributed by atoms with van der Waals surface area (Å²) >= 11 is 0. The molecule has 0 unspecified atom stereocenters. The van der Waals surface area contributed by atoms with E-state index in [2.05, 4.69) is 20.9 Å². The Morgan fingerprint density at radius 2 is 1.94 bits per heavy atom. The molecule has 1 saturated carbocycles. The van der Waals surface area contributed by atoms with E-state index in [9.17, 15) is 4.79 Å². The summed E-state index contributed by atoms with van der Waals surface area (Å²) in [5.41, 5.74) is 2.09. The molecule has 5 heteroatoms. The molecule has 1 saturated heterocycles. The third kappa shape index (κ3) is 6.32. The minimum absolute atomic E-state index is 0.178. The van der Waals surface area contributed by atoms with Crippen molar-refractivity contribution >= 4 is 5.91 Å². The minimum atomic E-state index is 0.178. The molecule has 1 aliphatic carbocycles. The fourth-order valence-corrected chi connectivity index (χ4v) is 5.37. The number of nitrogens with zero attached hydrogens (tertiary/aromatic N) is 3. The molecule has 0 bridgehead atoms. The second-order valence-corrected chi connectivity index (χ2v) is 9.46. The second-order valence-electron chi connectivity index (χ2n) is 9.46. The van der Waals surface area contributed by atoms with Crippen molar-refractivity contribution in [2.24, 2.45) is 5.92 Å². The van der Waals surface area contributed by atoms with Crippen molar-refractivity contribution in [2.75, 3.05) is 26.7 Å². The van der Waals surface area contributed by atoms with E-state index in [-0.39, 0.29) is 5.91 Å². The van der Waals surface area contributed by atoms with Crippen LogP contribution in [0.15, 0.2) is 48.8 Å². The number of methoxy groups -OCH3 is 1. The van der Waals surface area contributed by atoms with Gasteiger partial charge in [-0.3, -0.25) is 9.78 Å². The smallest absolute Gasteiger partial charge is 0.227 e. The van der Waals surface area contributed by atoms with E-state index >= 15 is 0 Å². The highest BCUT2D eigenvalue weighted by Crippen LogP contribution is 2.28. The monoisotopic (exact) mass is 435 g/mol. The molecule has 1 atom stereocenters. The van der Waals surface area contributed by atoms with E-state index in [1.165, 1.54) is 51.5 Å². The third-order valence-corrected chi connectivity index (χ3v) is 7.06.